The van der Waals surface area contributed by atoms with Gasteiger partial charge >= 0.3 is 0 Å². The number of anilines is 2. The summed E-state index contributed by atoms with van der Waals surface area (Å²) in [6.07, 6.45) is 1.68. The van der Waals surface area contributed by atoms with Crippen LogP contribution in [0.5, 0.6) is 0 Å². The number of nitrogens with two attached hydrogens (primary N) is 1. The molecule has 0 atom stereocenters. The molecule has 14 heavy (non-hydrogen) atoms. The van der Waals surface area contributed by atoms with Crippen LogP contribution in [-0.2, 0) is 0 Å². The van der Waals surface area contributed by atoms with E-state index in [0.29, 0.717) is 5.69 Å². The molecule has 1 heterocycles. The fourth-order valence-corrected chi connectivity index (χ4v) is 1.13. The lowest BCUT2D eigenvalue weighted by Crippen LogP contribution is -2.20. The van der Waals surface area contributed by atoms with Gasteiger partial charge in [-0.05, 0) is 24.0 Å². The predicted molar refractivity (Wildman–Crippen MR) is 61.3 cm³/mol. The minimum atomic E-state index is 0.259. The van der Waals surface area contributed by atoms with Crippen molar-refractivity contribution < 1.29 is 0 Å². The van der Waals surface area contributed by atoms with E-state index in [1.165, 1.54) is 0 Å². The third-order valence-electron chi connectivity index (χ3n) is 1.89. The Hall–Kier alpha value is -1.25. The first-order chi connectivity index (χ1) is 6.38. The van der Waals surface area contributed by atoms with E-state index in [0.717, 1.165) is 17.9 Å². The lowest BCUT2D eigenvalue weighted by Gasteiger charge is -2.19. The van der Waals surface area contributed by atoms with Crippen molar-refractivity contribution in [3.05, 3.63) is 17.8 Å². The van der Waals surface area contributed by atoms with E-state index in [2.05, 4.69) is 31.1 Å². The Bertz CT molecular complexity index is 313. The monoisotopic (exact) mass is 193 g/mol. The number of nitrogens with zero attached hydrogens (tertiary/aromatic N) is 1. The molecule has 0 amide bonds. The lowest BCUT2D eigenvalue weighted by molar-refractivity contribution is 0.442. The van der Waals surface area contributed by atoms with Crippen molar-refractivity contribution in [3.8, 4) is 0 Å². The fraction of sp³-hybridized carbons (Fsp3) is 0.545. The summed E-state index contributed by atoms with van der Waals surface area (Å²) in [6.45, 7) is 9.48. The normalized spacial score (nSPS) is 11.4. The van der Waals surface area contributed by atoms with Gasteiger partial charge < -0.3 is 11.1 Å². The maximum Gasteiger partial charge on any atom is 0.129 e. The van der Waals surface area contributed by atoms with Crippen molar-refractivity contribution in [2.45, 2.75) is 27.7 Å². The number of hydrogen-bond donors (Lipinski definition) is 2. The van der Waals surface area contributed by atoms with Gasteiger partial charge in [-0.15, -0.1) is 0 Å². The zero-order valence-electron chi connectivity index (χ0n) is 9.39. The van der Waals surface area contributed by atoms with Crippen molar-refractivity contribution in [2.75, 3.05) is 17.6 Å². The minimum Gasteiger partial charge on any atom is -0.397 e. The zero-order chi connectivity index (χ0) is 10.8. The average Bonchev–Trinajstić information content (AvgIpc) is 2.00. The van der Waals surface area contributed by atoms with Gasteiger partial charge in [-0.1, -0.05) is 20.8 Å². The van der Waals surface area contributed by atoms with E-state index in [9.17, 15) is 0 Å². The quantitative estimate of drug-likeness (QED) is 0.758. The zero-order valence-corrected chi connectivity index (χ0v) is 9.39. The minimum absolute atomic E-state index is 0.259. The second kappa shape index (κ2) is 3.86. The molecule has 0 saturated heterocycles. The molecule has 0 saturated carbocycles. The van der Waals surface area contributed by atoms with Crippen molar-refractivity contribution in [2.24, 2.45) is 5.41 Å². The highest BCUT2D eigenvalue weighted by Gasteiger charge is 2.10. The molecule has 0 aromatic carbocycles. The Morgan fingerprint density at radius 3 is 2.57 bits per heavy atom. The van der Waals surface area contributed by atoms with Gasteiger partial charge in [0.2, 0.25) is 0 Å². The fourth-order valence-electron chi connectivity index (χ4n) is 1.13. The molecule has 0 fully saturated rings. The smallest absolute Gasteiger partial charge is 0.129 e. The Labute approximate surface area is 85.7 Å². The Morgan fingerprint density at radius 2 is 2.07 bits per heavy atom. The largest absolute Gasteiger partial charge is 0.397 e. The van der Waals surface area contributed by atoms with Gasteiger partial charge in [0.15, 0.2) is 0 Å². The lowest BCUT2D eigenvalue weighted by atomic mass is 9.97. The number of nitrogen functional groups attached to an aromatic ring is 1. The maximum absolute atomic E-state index is 5.62. The molecular formula is C11H19N3. The first-order valence-electron chi connectivity index (χ1n) is 4.84. The highest BCUT2D eigenvalue weighted by Crippen LogP contribution is 2.17. The third-order valence-corrected chi connectivity index (χ3v) is 1.89. The van der Waals surface area contributed by atoms with Gasteiger partial charge in [-0.2, -0.15) is 0 Å². The van der Waals surface area contributed by atoms with Crippen molar-refractivity contribution in [1.82, 2.24) is 4.98 Å². The number of aryl methyl sites for hydroxylation is 1. The van der Waals surface area contributed by atoms with E-state index >= 15 is 0 Å². The molecule has 3 N–H and O–H groups in total. The van der Waals surface area contributed by atoms with Crippen molar-refractivity contribution >= 4 is 11.5 Å². The standard InChI is InChI=1S/C11H19N3/c1-8-5-9(12)6-13-10(8)14-7-11(2,3)4/h5-6H,7,12H2,1-4H3,(H,13,14). The Balaban J connectivity index is 2.68. The van der Waals surface area contributed by atoms with Crippen LogP contribution in [0.4, 0.5) is 11.5 Å². The molecular weight excluding hydrogens is 174 g/mol. The van der Waals surface area contributed by atoms with E-state index in [1.54, 1.807) is 6.20 Å². The topological polar surface area (TPSA) is 50.9 Å². The van der Waals surface area contributed by atoms with Crippen LogP contribution in [0.15, 0.2) is 12.3 Å². The maximum atomic E-state index is 5.62. The van der Waals surface area contributed by atoms with Gasteiger partial charge in [-0.3, -0.25) is 0 Å². The molecule has 3 nitrogen and oxygen atoms in total. The summed E-state index contributed by atoms with van der Waals surface area (Å²) in [5.41, 5.74) is 7.68. The molecule has 0 aliphatic carbocycles. The van der Waals surface area contributed by atoms with Gasteiger partial charge in [0.1, 0.15) is 5.82 Å². The number of hydrogen-bond acceptors (Lipinski definition) is 3. The predicted octanol–water partition coefficient (Wildman–Crippen LogP) is 2.43. The van der Waals surface area contributed by atoms with Crippen LogP contribution in [0, 0.1) is 12.3 Å². The average molecular weight is 193 g/mol. The van der Waals surface area contributed by atoms with Gasteiger partial charge in [0.25, 0.3) is 0 Å². The highest BCUT2D eigenvalue weighted by atomic mass is 15.0. The van der Waals surface area contributed by atoms with Crippen LogP contribution in [-0.4, -0.2) is 11.5 Å². The summed E-state index contributed by atoms with van der Waals surface area (Å²) >= 11 is 0. The van der Waals surface area contributed by atoms with Gasteiger partial charge in [-0.25, -0.2) is 4.98 Å². The Kier molecular flexibility index (Phi) is 2.99. The molecule has 0 radical (unpaired) electrons. The number of nitrogens with one attached hydrogen (secondary N) is 1. The van der Waals surface area contributed by atoms with E-state index in [4.69, 9.17) is 5.73 Å². The Morgan fingerprint density at radius 1 is 1.43 bits per heavy atom. The van der Waals surface area contributed by atoms with Crippen LogP contribution < -0.4 is 11.1 Å². The van der Waals surface area contributed by atoms with Crippen LogP contribution >= 0.6 is 0 Å². The molecule has 0 bridgehead atoms. The molecule has 1 rings (SSSR count). The molecule has 0 spiro atoms. The van der Waals surface area contributed by atoms with Crippen molar-refractivity contribution in [3.63, 3.8) is 0 Å². The molecule has 0 unspecified atom stereocenters. The summed E-state index contributed by atoms with van der Waals surface area (Å²) in [6, 6.07) is 1.93. The number of aromatic nitrogens is 1. The van der Waals surface area contributed by atoms with Crippen LogP contribution in [0.25, 0.3) is 0 Å². The van der Waals surface area contributed by atoms with E-state index in [-0.39, 0.29) is 5.41 Å². The van der Waals surface area contributed by atoms with Crippen LogP contribution in [0.1, 0.15) is 26.3 Å². The molecule has 78 valence electrons. The number of rotatable bonds is 2. The van der Waals surface area contributed by atoms with Crippen LogP contribution in [0.3, 0.4) is 0 Å². The summed E-state index contributed by atoms with van der Waals surface area (Å²) in [4.78, 5) is 4.24. The third kappa shape index (κ3) is 3.24. The van der Waals surface area contributed by atoms with Crippen molar-refractivity contribution in [1.29, 1.82) is 0 Å². The number of pyridine rings is 1. The molecule has 1 aromatic rings. The second-order valence-electron chi connectivity index (χ2n) is 4.85. The summed E-state index contributed by atoms with van der Waals surface area (Å²) in [5, 5.41) is 3.31. The van der Waals surface area contributed by atoms with Crippen LogP contribution in [0.2, 0.25) is 0 Å². The first kappa shape index (κ1) is 10.8. The summed E-state index contributed by atoms with van der Waals surface area (Å²) in [7, 11) is 0. The molecule has 1 aromatic heterocycles. The highest BCUT2D eigenvalue weighted by molar-refractivity contribution is 5.50. The van der Waals surface area contributed by atoms with Gasteiger partial charge in [0.05, 0.1) is 11.9 Å². The second-order valence-corrected chi connectivity index (χ2v) is 4.85. The van der Waals surface area contributed by atoms with E-state index in [1.807, 2.05) is 13.0 Å². The van der Waals surface area contributed by atoms with E-state index < -0.39 is 0 Å². The SMILES string of the molecule is Cc1cc(N)cnc1NCC(C)(C)C. The van der Waals surface area contributed by atoms with Gasteiger partial charge in [0, 0.05) is 6.54 Å². The summed E-state index contributed by atoms with van der Waals surface area (Å²) < 4.78 is 0. The molecule has 0 aliphatic rings. The summed E-state index contributed by atoms with van der Waals surface area (Å²) in [5.74, 6) is 0.925. The first-order valence-corrected chi connectivity index (χ1v) is 4.84. The molecule has 0 aliphatic heterocycles. The molecule has 3 heteroatoms.